The van der Waals surface area contributed by atoms with Crippen molar-refractivity contribution >= 4 is 35.1 Å². The lowest BCUT2D eigenvalue weighted by Gasteiger charge is -2.22. The maximum atomic E-state index is 12.6. The van der Waals surface area contributed by atoms with Gasteiger partial charge >= 0.3 is 17.8 Å². The third-order valence-electron chi connectivity index (χ3n) is 4.09. The highest BCUT2D eigenvalue weighted by molar-refractivity contribution is 6.52. The molecule has 26 heavy (non-hydrogen) atoms. The molecule has 0 aromatic heterocycles. The van der Waals surface area contributed by atoms with E-state index >= 15 is 0 Å². The first-order valence-electron chi connectivity index (χ1n) is 8.06. The summed E-state index contributed by atoms with van der Waals surface area (Å²) in [6.07, 6.45) is 0. The van der Waals surface area contributed by atoms with Gasteiger partial charge in [-0.05, 0) is 43.8 Å². The molecule has 2 aromatic carbocycles. The maximum absolute atomic E-state index is 12.6. The third kappa shape index (κ3) is 3.61. The van der Waals surface area contributed by atoms with Crippen molar-refractivity contribution < 1.29 is 14.4 Å². The lowest BCUT2D eigenvalue weighted by atomic mass is 10.2. The predicted molar refractivity (Wildman–Crippen MR) is 98.7 cm³/mol. The normalized spacial score (nSPS) is 14.7. The van der Waals surface area contributed by atoms with Crippen molar-refractivity contribution in [1.29, 1.82) is 0 Å². The number of carbonyl (C=O) groups excluding carboxylic acids is 3. The number of hydrogen-bond acceptors (Lipinski definition) is 4. The molecular formula is C19H18ClN3O3. The fraction of sp³-hybridized carbons (Fsp3) is 0.211. The minimum absolute atomic E-state index is 0.0222. The van der Waals surface area contributed by atoms with Crippen LogP contribution in [0.4, 0.5) is 10.5 Å². The third-order valence-corrected chi connectivity index (χ3v) is 4.35. The Balaban J connectivity index is 1.72. The van der Waals surface area contributed by atoms with Gasteiger partial charge in [0.2, 0.25) is 0 Å². The summed E-state index contributed by atoms with van der Waals surface area (Å²) in [5.74, 6) is -1.66. The standard InChI is InChI=1S/C19H18ClN3O3/c1-13-3-9-16(10-4-13)23-18(25)17(24)22(19(23)26)12-21(2)11-14-5-7-15(20)8-6-14/h3-10H,11-12H2,1-2H3. The van der Waals surface area contributed by atoms with Gasteiger partial charge in [-0.3, -0.25) is 14.5 Å². The highest BCUT2D eigenvalue weighted by atomic mass is 35.5. The quantitative estimate of drug-likeness (QED) is 0.598. The van der Waals surface area contributed by atoms with Crippen molar-refractivity contribution in [3.63, 3.8) is 0 Å². The predicted octanol–water partition coefficient (Wildman–Crippen LogP) is 3.03. The molecule has 7 heteroatoms. The molecule has 1 saturated heterocycles. The number of hydrogen-bond donors (Lipinski definition) is 0. The lowest BCUT2D eigenvalue weighted by molar-refractivity contribution is -0.140. The largest absolute Gasteiger partial charge is 0.340 e. The molecule has 3 rings (SSSR count). The van der Waals surface area contributed by atoms with Crippen molar-refractivity contribution in [3.05, 3.63) is 64.7 Å². The van der Waals surface area contributed by atoms with Crippen molar-refractivity contribution in [2.24, 2.45) is 0 Å². The zero-order valence-corrected chi connectivity index (χ0v) is 15.2. The molecule has 0 saturated carbocycles. The molecule has 1 aliphatic heterocycles. The zero-order chi connectivity index (χ0) is 18.8. The average molecular weight is 372 g/mol. The van der Waals surface area contributed by atoms with Crippen molar-refractivity contribution in [3.8, 4) is 0 Å². The second kappa shape index (κ2) is 7.27. The number of imide groups is 2. The smallest absolute Gasteiger partial charge is 0.284 e. The maximum Gasteiger partial charge on any atom is 0.340 e. The van der Waals surface area contributed by atoms with Crippen molar-refractivity contribution in [1.82, 2.24) is 9.80 Å². The summed E-state index contributed by atoms with van der Waals surface area (Å²) in [7, 11) is 1.77. The van der Waals surface area contributed by atoms with E-state index in [1.54, 1.807) is 48.3 Å². The van der Waals surface area contributed by atoms with Gasteiger partial charge in [0.05, 0.1) is 12.4 Å². The number of nitrogens with zero attached hydrogens (tertiary/aromatic N) is 3. The SMILES string of the molecule is Cc1ccc(N2C(=O)C(=O)N(CN(C)Cc3ccc(Cl)cc3)C2=O)cc1. The number of amides is 4. The van der Waals surface area contributed by atoms with Gasteiger partial charge in [0.1, 0.15) is 0 Å². The number of halogens is 1. The van der Waals surface area contributed by atoms with E-state index < -0.39 is 17.8 Å². The molecule has 0 spiro atoms. The second-order valence-electron chi connectivity index (χ2n) is 6.27. The van der Waals surface area contributed by atoms with E-state index in [0.717, 1.165) is 20.9 Å². The number of anilines is 1. The van der Waals surface area contributed by atoms with Crippen LogP contribution < -0.4 is 4.90 Å². The van der Waals surface area contributed by atoms with E-state index in [0.29, 0.717) is 17.3 Å². The molecule has 1 fully saturated rings. The lowest BCUT2D eigenvalue weighted by Crippen LogP contribution is -2.40. The van der Waals surface area contributed by atoms with E-state index in [1.807, 2.05) is 19.1 Å². The van der Waals surface area contributed by atoms with Crippen LogP contribution in [0.1, 0.15) is 11.1 Å². The molecule has 0 unspecified atom stereocenters. The van der Waals surface area contributed by atoms with E-state index in [4.69, 9.17) is 11.6 Å². The van der Waals surface area contributed by atoms with Gasteiger partial charge in [-0.1, -0.05) is 41.4 Å². The summed E-state index contributed by atoms with van der Waals surface area (Å²) < 4.78 is 0. The number of carbonyl (C=O) groups is 3. The van der Waals surface area contributed by atoms with Crippen LogP contribution in [-0.4, -0.2) is 41.4 Å². The average Bonchev–Trinajstić information content (AvgIpc) is 2.82. The molecule has 0 atom stereocenters. The van der Waals surface area contributed by atoms with Crippen molar-refractivity contribution in [2.75, 3.05) is 18.6 Å². The Morgan fingerprint density at radius 2 is 1.54 bits per heavy atom. The Labute approximate surface area is 156 Å². The summed E-state index contributed by atoms with van der Waals surface area (Å²) >= 11 is 5.87. The first kappa shape index (κ1) is 18.1. The van der Waals surface area contributed by atoms with Crippen LogP contribution in [0.15, 0.2) is 48.5 Å². The molecule has 2 aromatic rings. The Morgan fingerprint density at radius 3 is 2.15 bits per heavy atom. The summed E-state index contributed by atoms with van der Waals surface area (Å²) in [5.41, 5.74) is 2.37. The molecular weight excluding hydrogens is 354 g/mol. The summed E-state index contributed by atoms with van der Waals surface area (Å²) in [5, 5.41) is 0.639. The molecule has 1 aliphatic rings. The highest BCUT2D eigenvalue weighted by Crippen LogP contribution is 2.23. The number of benzene rings is 2. The van der Waals surface area contributed by atoms with Crippen LogP contribution >= 0.6 is 11.6 Å². The Bertz CT molecular complexity index is 849. The van der Waals surface area contributed by atoms with Gasteiger partial charge in [0, 0.05) is 11.6 Å². The molecule has 0 aliphatic carbocycles. The van der Waals surface area contributed by atoms with E-state index in [1.165, 1.54) is 0 Å². The minimum atomic E-state index is -0.834. The van der Waals surface area contributed by atoms with Gasteiger partial charge in [-0.15, -0.1) is 0 Å². The van der Waals surface area contributed by atoms with Crippen LogP contribution in [0, 0.1) is 6.92 Å². The molecule has 0 bridgehead atoms. The molecule has 134 valence electrons. The van der Waals surface area contributed by atoms with E-state index in [-0.39, 0.29) is 6.67 Å². The monoisotopic (exact) mass is 371 g/mol. The van der Waals surface area contributed by atoms with E-state index in [2.05, 4.69) is 0 Å². The molecule has 1 heterocycles. The summed E-state index contributed by atoms with van der Waals surface area (Å²) in [4.78, 5) is 40.8. The summed E-state index contributed by atoms with van der Waals surface area (Å²) in [6, 6.07) is 13.5. The van der Waals surface area contributed by atoms with Crippen LogP contribution in [-0.2, 0) is 16.1 Å². The van der Waals surface area contributed by atoms with Crippen LogP contribution in [0.5, 0.6) is 0 Å². The van der Waals surface area contributed by atoms with Gasteiger partial charge in [-0.2, -0.15) is 0 Å². The fourth-order valence-corrected chi connectivity index (χ4v) is 2.87. The Kier molecular flexibility index (Phi) is 5.06. The van der Waals surface area contributed by atoms with Gasteiger partial charge in [0.15, 0.2) is 0 Å². The highest BCUT2D eigenvalue weighted by Gasteiger charge is 2.45. The van der Waals surface area contributed by atoms with E-state index in [9.17, 15) is 14.4 Å². The second-order valence-corrected chi connectivity index (χ2v) is 6.71. The summed E-state index contributed by atoms with van der Waals surface area (Å²) in [6.45, 7) is 2.43. The molecule has 6 nitrogen and oxygen atoms in total. The Hall–Kier alpha value is -2.70. The van der Waals surface area contributed by atoms with Crippen LogP contribution in [0.25, 0.3) is 0 Å². The number of aryl methyl sites for hydroxylation is 1. The minimum Gasteiger partial charge on any atom is -0.284 e. The first-order chi connectivity index (χ1) is 12.4. The number of rotatable bonds is 5. The topological polar surface area (TPSA) is 60.9 Å². The van der Waals surface area contributed by atoms with Gasteiger partial charge in [-0.25, -0.2) is 14.6 Å². The molecule has 0 N–H and O–H groups in total. The van der Waals surface area contributed by atoms with Crippen LogP contribution in [0.3, 0.4) is 0 Å². The van der Waals surface area contributed by atoms with Crippen molar-refractivity contribution in [2.45, 2.75) is 13.5 Å². The van der Waals surface area contributed by atoms with Crippen LogP contribution in [0.2, 0.25) is 5.02 Å². The first-order valence-corrected chi connectivity index (χ1v) is 8.44. The fourth-order valence-electron chi connectivity index (χ4n) is 2.74. The van der Waals surface area contributed by atoms with Gasteiger partial charge < -0.3 is 0 Å². The Morgan fingerprint density at radius 1 is 0.923 bits per heavy atom. The zero-order valence-electron chi connectivity index (χ0n) is 14.5. The molecule has 4 amide bonds. The van der Waals surface area contributed by atoms with Gasteiger partial charge in [0.25, 0.3) is 0 Å². The number of urea groups is 1. The molecule has 0 radical (unpaired) electrons.